The summed E-state index contributed by atoms with van der Waals surface area (Å²) in [5, 5.41) is 4.03. The van der Waals surface area contributed by atoms with Gasteiger partial charge in [0.2, 0.25) is 5.89 Å². The maximum absolute atomic E-state index is 5.59. The molecular weight excluding hydrogens is 302 g/mol. The summed E-state index contributed by atoms with van der Waals surface area (Å²) in [6.45, 7) is 5.59. The minimum absolute atomic E-state index is 0.166. The molecule has 2 atom stereocenters. The largest absolute Gasteiger partial charge is 0.371 e. The molecule has 5 heteroatoms. The third-order valence-electron chi connectivity index (χ3n) is 4.44. The van der Waals surface area contributed by atoms with Crippen molar-refractivity contribution < 1.29 is 9.26 Å². The Morgan fingerprint density at radius 3 is 3.08 bits per heavy atom. The second-order valence-electron chi connectivity index (χ2n) is 6.01. The summed E-state index contributed by atoms with van der Waals surface area (Å²) in [5.41, 5.74) is 2.76. The molecule has 1 aliphatic carbocycles. The van der Waals surface area contributed by atoms with Gasteiger partial charge in [0.25, 0.3) is 0 Å². The normalized spacial score (nSPS) is 17.7. The number of hydrogen-bond donors (Lipinski definition) is 0. The van der Waals surface area contributed by atoms with E-state index < -0.39 is 0 Å². The highest BCUT2D eigenvalue weighted by Crippen LogP contribution is 2.36. The molecule has 2 unspecified atom stereocenters. The van der Waals surface area contributed by atoms with Gasteiger partial charge < -0.3 is 9.26 Å². The van der Waals surface area contributed by atoms with E-state index in [1.165, 1.54) is 11.1 Å². The van der Waals surface area contributed by atoms with Crippen LogP contribution in [-0.4, -0.2) is 28.2 Å². The molecule has 0 bridgehead atoms. The first kappa shape index (κ1) is 16.7. The van der Waals surface area contributed by atoms with Crippen LogP contribution in [0.2, 0.25) is 0 Å². The Balaban J connectivity index is 1.75. The number of terminal acetylenes is 1. The van der Waals surface area contributed by atoms with Crippen LogP contribution in [0.5, 0.6) is 0 Å². The number of rotatable bonds is 7. The molecular formula is C19H23N3O2. The summed E-state index contributed by atoms with van der Waals surface area (Å²) in [5.74, 6) is 3.92. The van der Waals surface area contributed by atoms with Crippen molar-refractivity contribution in [3.63, 3.8) is 0 Å². The average Bonchev–Trinajstić information content (AvgIpc) is 3.21. The molecule has 0 saturated carbocycles. The second kappa shape index (κ2) is 7.61. The molecule has 1 heterocycles. The molecule has 0 saturated heterocycles. The quantitative estimate of drug-likeness (QED) is 0.731. The third kappa shape index (κ3) is 3.50. The van der Waals surface area contributed by atoms with E-state index in [9.17, 15) is 0 Å². The predicted molar refractivity (Wildman–Crippen MR) is 91.1 cm³/mol. The van der Waals surface area contributed by atoms with Gasteiger partial charge in [-0.05, 0) is 37.8 Å². The summed E-state index contributed by atoms with van der Waals surface area (Å²) in [4.78, 5) is 6.70. The maximum Gasteiger partial charge on any atom is 0.240 e. The second-order valence-corrected chi connectivity index (χ2v) is 6.01. The number of aromatic nitrogens is 2. The van der Waals surface area contributed by atoms with Gasteiger partial charge in [0.15, 0.2) is 5.82 Å². The Labute approximate surface area is 143 Å². The van der Waals surface area contributed by atoms with Gasteiger partial charge >= 0.3 is 0 Å². The van der Waals surface area contributed by atoms with E-state index in [-0.39, 0.29) is 6.10 Å². The number of benzene rings is 1. The van der Waals surface area contributed by atoms with Gasteiger partial charge in [-0.25, -0.2) is 0 Å². The first-order valence-corrected chi connectivity index (χ1v) is 8.42. The Bertz CT molecular complexity index is 719. The highest BCUT2D eigenvalue weighted by molar-refractivity contribution is 5.34. The van der Waals surface area contributed by atoms with E-state index in [1.54, 1.807) is 0 Å². The third-order valence-corrected chi connectivity index (χ3v) is 4.44. The van der Waals surface area contributed by atoms with Crippen molar-refractivity contribution >= 4 is 0 Å². The molecule has 24 heavy (non-hydrogen) atoms. The maximum atomic E-state index is 5.59. The van der Waals surface area contributed by atoms with Crippen LogP contribution in [0.3, 0.4) is 0 Å². The summed E-state index contributed by atoms with van der Waals surface area (Å²) < 4.78 is 10.9. The number of ether oxygens (including phenoxy) is 1. The lowest BCUT2D eigenvalue weighted by Crippen LogP contribution is -2.27. The zero-order valence-corrected chi connectivity index (χ0v) is 14.2. The zero-order valence-electron chi connectivity index (χ0n) is 14.2. The summed E-state index contributed by atoms with van der Waals surface area (Å²) in [6, 6.07) is 8.86. The lowest BCUT2D eigenvalue weighted by atomic mass is 10.1. The average molecular weight is 325 g/mol. The summed E-state index contributed by atoms with van der Waals surface area (Å²) in [6.07, 6.45) is 7.57. The van der Waals surface area contributed by atoms with Crippen LogP contribution in [0.1, 0.15) is 55.3 Å². The van der Waals surface area contributed by atoms with Crippen molar-refractivity contribution in [3.8, 4) is 12.3 Å². The monoisotopic (exact) mass is 325 g/mol. The van der Waals surface area contributed by atoms with Gasteiger partial charge in [0.05, 0.1) is 13.1 Å². The zero-order chi connectivity index (χ0) is 16.9. The molecule has 126 valence electrons. The van der Waals surface area contributed by atoms with E-state index in [4.69, 9.17) is 15.7 Å². The van der Waals surface area contributed by atoms with Crippen molar-refractivity contribution in [2.45, 2.75) is 45.4 Å². The SMILES string of the molecule is C#CCN(Cc1nc(C(C)OCC)no1)C1CCc2ccccc21. The van der Waals surface area contributed by atoms with E-state index in [1.807, 2.05) is 13.8 Å². The Morgan fingerprint density at radius 2 is 2.29 bits per heavy atom. The molecule has 0 fully saturated rings. The van der Waals surface area contributed by atoms with Crippen LogP contribution < -0.4 is 0 Å². The first-order valence-electron chi connectivity index (χ1n) is 8.42. The Morgan fingerprint density at radius 1 is 1.46 bits per heavy atom. The van der Waals surface area contributed by atoms with Crippen LogP contribution in [0.4, 0.5) is 0 Å². The van der Waals surface area contributed by atoms with Crippen LogP contribution >= 0.6 is 0 Å². The minimum atomic E-state index is -0.166. The fourth-order valence-corrected chi connectivity index (χ4v) is 3.30. The number of aryl methyl sites for hydroxylation is 1. The van der Waals surface area contributed by atoms with Crippen LogP contribution in [0.25, 0.3) is 0 Å². The highest BCUT2D eigenvalue weighted by atomic mass is 16.5. The van der Waals surface area contributed by atoms with Crippen LogP contribution in [0, 0.1) is 12.3 Å². The standard InChI is InChI=1S/C19H23N3O2/c1-4-12-22(17-11-10-15-8-6-7-9-16(15)17)13-18-20-19(21-24-18)14(3)23-5-2/h1,6-9,14,17H,5,10-13H2,2-3H3. The van der Waals surface area contributed by atoms with Crippen molar-refractivity contribution in [3.05, 3.63) is 47.1 Å². The summed E-state index contributed by atoms with van der Waals surface area (Å²) >= 11 is 0. The van der Waals surface area contributed by atoms with Gasteiger partial charge in [0.1, 0.15) is 6.10 Å². The molecule has 1 aliphatic rings. The van der Waals surface area contributed by atoms with Crippen LogP contribution in [0.15, 0.2) is 28.8 Å². The lowest BCUT2D eigenvalue weighted by Gasteiger charge is -2.26. The topological polar surface area (TPSA) is 51.4 Å². The number of nitrogens with zero attached hydrogens (tertiary/aromatic N) is 3. The van der Waals surface area contributed by atoms with E-state index in [0.29, 0.717) is 37.5 Å². The molecule has 1 aromatic carbocycles. The Hall–Kier alpha value is -2.16. The summed E-state index contributed by atoms with van der Waals surface area (Å²) in [7, 11) is 0. The molecule has 3 rings (SSSR count). The van der Waals surface area contributed by atoms with Crippen molar-refractivity contribution in [1.29, 1.82) is 0 Å². The predicted octanol–water partition coefficient (Wildman–Crippen LogP) is 3.29. The molecule has 5 nitrogen and oxygen atoms in total. The molecule has 0 radical (unpaired) electrons. The minimum Gasteiger partial charge on any atom is -0.371 e. The molecule has 0 N–H and O–H groups in total. The van der Waals surface area contributed by atoms with Crippen LogP contribution in [-0.2, 0) is 17.7 Å². The number of fused-ring (bicyclic) bond motifs is 1. The van der Waals surface area contributed by atoms with Gasteiger partial charge in [0, 0.05) is 12.6 Å². The molecule has 2 aromatic rings. The van der Waals surface area contributed by atoms with Crippen molar-refractivity contribution in [2.24, 2.45) is 0 Å². The van der Waals surface area contributed by atoms with Crippen molar-refractivity contribution in [2.75, 3.05) is 13.2 Å². The number of hydrogen-bond acceptors (Lipinski definition) is 5. The smallest absolute Gasteiger partial charge is 0.240 e. The fraction of sp³-hybridized carbons (Fsp3) is 0.474. The van der Waals surface area contributed by atoms with Gasteiger partial charge in [-0.2, -0.15) is 4.98 Å². The molecule has 0 spiro atoms. The highest BCUT2D eigenvalue weighted by Gasteiger charge is 2.28. The molecule has 0 amide bonds. The fourth-order valence-electron chi connectivity index (χ4n) is 3.30. The Kier molecular flexibility index (Phi) is 5.29. The van der Waals surface area contributed by atoms with Gasteiger partial charge in [-0.3, -0.25) is 4.90 Å². The molecule has 1 aromatic heterocycles. The van der Waals surface area contributed by atoms with E-state index >= 15 is 0 Å². The molecule has 0 aliphatic heterocycles. The first-order chi connectivity index (χ1) is 11.7. The van der Waals surface area contributed by atoms with E-state index in [0.717, 1.165) is 12.8 Å². The van der Waals surface area contributed by atoms with E-state index in [2.05, 4.69) is 45.2 Å². The van der Waals surface area contributed by atoms with Crippen molar-refractivity contribution in [1.82, 2.24) is 15.0 Å². The van der Waals surface area contributed by atoms with Gasteiger partial charge in [-0.1, -0.05) is 35.3 Å². The van der Waals surface area contributed by atoms with Gasteiger partial charge in [-0.15, -0.1) is 6.42 Å². The lowest BCUT2D eigenvalue weighted by molar-refractivity contribution is 0.0683.